The average molecular weight is 465 g/mol. The molecule has 0 amide bonds. The van der Waals surface area contributed by atoms with Crippen LogP contribution in [0.5, 0.6) is 0 Å². The number of alkyl halides is 1. The molecule has 0 saturated heterocycles. The first-order chi connectivity index (χ1) is 15.1. The number of aliphatic hydroxyl groups excluding tert-OH is 1. The highest BCUT2D eigenvalue weighted by atomic mass is 32.2. The molecule has 5 rings (SSSR count). The third-order valence-electron chi connectivity index (χ3n) is 9.25. The largest absolute Gasteiger partial charge is 0.454 e. The Morgan fingerprint density at radius 3 is 2.66 bits per heavy atom. The summed E-state index contributed by atoms with van der Waals surface area (Å²) in [5, 5.41) is 12.5. The predicted molar refractivity (Wildman–Crippen MR) is 124 cm³/mol. The summed E-state index contributed by atoms with van der Waals surface area (Å²) in [6.07, 6.45) is 5.27. The lowest BCUT2D eigenvalue weighted by molar-refractivity contribution is -0.201. The van der Waals surface area contributed by atoms with Crippen LogP contribution in [-0.2, 0) is 14.3 Å². The number of hydrogen-bond acceptors (Lipinski definition) is 5. The Bertz CT molecular complexity index is 883. The lowest BCUT2D eigenvalue weighted by Crippen LogP contribution is -2.68. The SMILES string of the molecule is CCCC1OC2=C(O1)[C@@]1(C)C(=CC2=O)CC[C@H]2[C@@H]3CC[C@@H](SC(C)C)[C@@]3(C)C[C@H](O)[C@@]21F. The molecule has 178 valence electrons. The first-order valence-corrected chi connectivity index (χ1v) is 13.4. The van der Waals surface area contributed by atoms with Gasteiger partial charge >= 0.3 is 0 Å². The third-order valence-corrected chi connectivity index (χ3v) is 10.9. The molecule has 0 spiro atoms. The maximum Gasteiger partial charge on any atom is 0.241 e. The van der Waals surface area contributed by atoms with Gasteiger partial charge in [-0.25, -0.2) is 4.39 Å². The topological polar surface area (TPSA) is 55.8 Å². The highest BCUT2D eigenvalue weighted by Gasteiger charge is 2.73. The molecule has 0 radical (unpaired) electrons. The van der Waals surface area contributed by atoms with E-state index < -0.39 is 23.5 Å². The summed E-state index contributed by atoms with van der Waals surface area (Å²) in [6, 6.07) is 0. The van der Waals surface area contributed by atoms with Crippen LogP contribution in [0.1, 0.15) is 79.6 Å². The minimum absolute atomic E-state index is 0.0777. The van der Waals surface area contributed by atoms with Crippen LogP contribution < -0.4 is 0 Å². The second kappa shape index (κ2) is 7.49. The quantitative estimate of drug-likeness (QED) is 0.579. The van der Waals surface area contributed by atoms with Crippen molar-refractivity contribution in [2.24, 2.45) is 22.7 Å². The van der Waals surface area contributed by atoms with E-state index in [1.807, 2.05) is 25.6 Å². The number of carbonyl (C=O) groups excluding carboxylic acids is 1. The van der Waals surface area contributed by atoms with Crippen molar-refractivity contribution in [2.75, 3.05) is 0 Å². The zero-order valence-electron chi connectivity index (χ0n) is 19.9. The Kier molecular flexibility index (Phi) is 5.33. The fourth-order valence-corrected chi connectivity index (χ4v) is 9.29. The van der Waals surface area contributed by atoms with E-state index in [1.54, 1.807) is 6.08 Å². The average Bonchev–Trinajstić information content (AvgIpc) is 3.28. The van der Waals surface area contributed by atoms with Gasteiger partial charge in [0.05, 0.1) is 11.5 Å². The lowest BCUT2D eigenvalue weighted by atomic mass is 9.45. The van der Waals surface area contributed by atoms with Crippen LogP contribution >= 0.6 is 11.8 Å². The molecule has 1 heterocycles. The number of hydrogen-bond donors (Lipinski definition) is 1. The van der Waals surface area contributed by atoms with Gasteiger partial charge in [0, 0.05) is 17.6 Å². The number of rotatable bonds is 4. The minimum Gasteiger partial charge on any atom is -0.454 e. The lowest BCUT2D eigenvalue weighted by Gasteiger charge is -2.62. The molecule has 0 aromatic carbocycles. The number of ketones is 1. The summed E-state index contributed by atoms with van der Waals surface area (Å²) in [6.45, 7) is 10.6. The van der Waals surface area contributed by atoms with Crippen LogP contribution in [0.25, 0.3) is 0 Å². The number of halogens is 1. The van der Waals surface area contributed by atoms with Gasteiger partial charge in [-0.05, 0) is 73.7 Å². The molecule has 3 saturated carbocycles. The Labute approximate surface area is 195 Å². The van der Waals surface area contributed by atoms with Crippen molar-refractivity contribution in [1.82, 2.24) is 0 Å². The van der Waals surface area contributed by atoms with E-state index in [9.17, 15) is 9.90 Å². The van der Waals surface area contributed by atoms with Crippen molar-refractivity contribution in [1.29, 1.82) is 0 Å². The van der Waals surface area contributed by atoms with Crippen LogP contribution in [0.4, 0.5) is 4.39 Å². The fourth-order valence-electron chi connectivity index (χ4n) is 7.77. The van der Waals surface area contributed by atoms with Gasteiger partial charge in [-0.2, -0.15) is 11.8 Å². The summed E-state index contributed by atoms with van der Waals surface area (Å²) in [4.78, 5) is 12.8. The summed E-state index contributed by atoms with van der Waals surface area (Å²) in [7, 11) is 0. The molecular formula is C26H37FO4S. The number of allylic oxidation sites excluding steroid dienone is 2. The first kappa shape index (κ1) is 22.8. The molecular weight excluding hydrogens is 427 g/mol. The van der Waals surface area contributed by atoms with Gasteiger partial charge in [0.15, 0.2) is 11.4 Å². The van der Waals surface area contributed by atoms with Crippen molar-refractivity contribution in [3.05, 3.63) is 23.2 Å². The van der Waals surface area contributed by atoms with Crippen LogP contribution in [0.3, 0.4) is 0 Å². The van der Waals surface area contributed by atoms with Gasteiger partial charge in [-0.3, -0.25) is 4.79 Å². The normalized spacial score (nSPS) is 47.3. The molecule has 5 aliphatic rings. The van der Waals surface area contributed by atoms with Gasteiger partial charge < -0.3 is 14.6 Å². The summed E-state index contributed by atoms with van der Waals surface area (Å²) < 4.78 is 29.7. The van der Waals surface area contributed by atoms with Crippen LogP contribution in [-0.4, -0.2) is 39.5 Å². The number of thioether (sulfide) groups is 1. The molecule has 0 aromatic rings. The Balaban J connectivity index is 1.56. The first-order valence-electron chi connectivity index (χ1n) is 12.4. The van der Waals surface area contributed by atoms with Gasteiger partial charge in [-0.15, -0.1) is 0 Å². The van der Waals surface area contributed by atoms with E-state index >= 15 is 4.39 Å². The van der Waals surface area contributed by atoms with Gasteiger partial charge in [0.2, 0.25) is 17.8 Å². The zero-order chi connectivity index (χ0) is 23.1. The van der Waals surface area contributed by atoms with E-state index in [2.05, 4.69) is 20.8 Å². The summed E-state index contributed by atoms with van der Waals surface area (Å²) in [5.74, 6) is 0.234. The van der Waals surface area contributed by atoms with Gasteiger partial charge in [0.1, 0.15) is 0 Å². The molecule has 4 nitrogen and oxygen atoms in total. The van der Waals surface area contributed by atoms with Crippen molar-refractivity contribution in [2.45, 2.75) is 108 Å². The Morgan fingerprint density at radius 2 is 1.97 bits per heavy atom. The standard InChI is InChI=1S/C26H37FO4S/c1-6-7-21-30-22-18(28)12-15-8-9-17-16-10-11-20(32-14(2)3)24(16,4)13-19(29)26(17,27)25(15,5)23(22)31-21/h12,14,16-17,19-21,29H,6-11,13H2,1-5H3/t16-,17-,19-,20+,21?,24-,25+,26-/m0/s1. The smallest absolute Gasteiger partial charge is 0.241 e. The predicted octanol–water partition coefficient (Wildman–Crippen LogP) is 5.70. The molecule has 0 bridgehead atoms. The maximum absolute atomic E-state index is 17.6. The Hall–Kier alpha value is -1.01. The third kappa shape index (κ3) is 2.80. The molecule has 4 aliphatic carbocycles. The number of carbonyl (C=O) groups is 1. The molecule has 32 heavy (non-hydrogen) atoms. The van der Waals surface area contributed by atoms with E-state index in [0.29, 0.717) is 41.9 Å². The van der Waals surface area contributed by atoms with Gasteiger partial charge in [0.25, 0.3) is 0 Å². The number of fused-ring (bicyclic) bond motifs is 6. The van der Waals surface area contributed by atoms with Crippen LogP contribution in [0.2, 0.25) is 0 Å². The zero-order valence-corrected chi connectivity index (χ0v) is 20.8. The molecule has 8 atom stereocenters. The minimum atomic E-state index is -1.87. The second-order valence-corrected chi connectivity index (χ2v) is 13.1. The highest BCUT2D eigenvalue weighted by Crippen LogP contribution is 2.71. The number of ether oxygens (including phenoxy) is 2. The molecule has 3 fully saturated rings. The van der Waals surface area contributed by atoms with Crippen LogP contribution in [0.15, 0.2) is 23.2 Å². The van der Waals surface area contributed by atoms with Crippen molar-refractivity contribution >= 4 is 17.5 Å². The van der Waals surface area contributed by atoms with Crippen molar-refractivity contribution < 1.29 is 23.8 Å². The van der Waals surface area contributed by atoms with E-state index in [0.717, 1.165) is 24.8 Å². The molecule has 1 aliphatic heterocycles. The highest BCUT2D eigenvalue weighted by molar-refractivity contribution is 8.00. The van der Waals surface area contributed by atoms with Crippen LogP contribution in [0, 0.1) is 22.7 Å². The summed E-state index contributed by atoms with van der Waals surface area (Å²) >= 11 is 1.99. The van der Waals surface area contributed by atoms with E-state index in [1.165, 1.54) is 0 Å². The molecule has 6 heteroatoms. The number of aliphatic hydroxyl groups is 1. The monoisotopic (exact) mass is 464 g/mol. The Morgan fingerprint density at radius 1 is 1.22 bits per heavy atom. The van der Waals surface area contributed by atoms with Gasteiger partial charge in [-0.1, -0.05) is 27.7 Å². The summed E-state index contributed by atoms with van der Waals surface area (Å²) in [5.41, 5.74) is -2.35. The maximum atomic E-state index is 17.6. The van der Waals surface area contributed by atoms with Crippen molar-refractivity contribution in [3.8, 4) is 0 Å². The van der Waals surface area contributed by atoms with E-state index in [-0.39, 0.29) is 28.8 Å². The second-order valence-electron chi connectivity index (χ2n) is 11.3. The molecule has 1 unspecified atom stereocenters. The van der Waals surface area contributed by atoms with E-state index in [4.69, 9.17) is 9.47 Å². The van der Waals surface area contributed by atoms with Crippen molar-refractivity contribution in [3.63, 3.8) is 0 Å². The molecule has 0 aromatic heterocycles. The fraction of sp³-hybridized carbons (Fsp3) is 0.808. The molecule has 1 N–H and O–H groups in total.